The summed E-state index contributed by atoms with van der Waals surface area (Å²) in [4.78, 5) is 27.8. The molecule has 1 heterocycles. The van der Waals surface area contributed by atoms with Gasteiger partial charge >= 0.3 is 0 Å². The van der Waals surface area contributed by atoms with E-state index in [1.54, 1.807) is 0 Å². The highest BCUT2D eigenvalue weighted by Gasteiger charge is 2.67. The van der Waals surface area contributed by atoms with Crippen LogP contribution in [-0.4, -0.2) is 11.8 Å². The van der Waals surface area contributed by atoms with E-state index in [1.807, 2.05) is 55.5 Å². The molecule has 2 bridgehead atoms. The van der Waals surface area contributed by atoms with Crippen molar-refractivity contribution >= 4 is 17.5 Å². The van der Waals surface area contributed by atoms with Gasteiger partial charge in [0, 0.05) is 0 Å². The van der Waals surface area contributed by atoms with E-state index in [9.17, 15) is 9.59 Å². The Morgan fingerprint density at radius 2 is 1.46 bits per heavy atom. The third-order valence-electron chi connectivity index (χ3n) is 7.08. The monoisotopic (exact) mass is 371 g/mol. The molecule has 0 N–H and O–H groups in total. The number of nitrogens with zero attached hydrogens (tertiary/aromatic N) is 1. The number of ether oxygens (including phenoxy) is 1. The van der Waals surface area contributed by atoms with Gasteiger partial charge in [-0.2, -0.15) is 0 Å². The smallest absolute Gasteiger partial charge is 0.238 e. The van der Waals surface area contributed by atoms with E-state index >= 15 is 0 Å². The van der Waals surface area contributed by atoms with Crippen LogP contribution < -0.4 is 9.64 Å². The van der Waals surface area contributed by atoms with Crippen LogP contribution in [-0.2, 0) is 9.59 Å². The number of carbonyl (C=O) groups is 2. The first-order valence-electron chi connectivity index (χ1n) is 10.0. The number of aryl methyl sites for hydroxylation is 1. The Balaban J connectivity index is 1.27. The predicted molar refractivity (Wildman–Crippen MR) is 105 cm³/mol. The summed E-state index contributed by atoms with van der Waals surface area (Å²) in [5.74, 6) is 2.89. The Labute approximate surface area is 163 Å². The fourth-order valence-corrected chi connectivity index (χ4v) is 5.67. The van der Waals surface area contributed by atoms with Crippen molar-refractivity contribution in [3.8, 4) is 11.5 Å². The lowest BCUT2D eigenvalue weighted by Gasteiger charge is -2.37. The van der Waals surface area contributed by atoms with Crippen LogP contribution >= 0.6 is 0 Å². The number of hydrogen-bond donors (Lipinski definition) is 0. The molecule has 0 radical (unpaired) electrons. The lowest BCUT2D eigenvalue weighted by Crippen LogP contribution is -2.40. The molecule has 3 fully saturated rings. The molecule has 2 aromatic rings. The number of anilines is 1. The highest BCUT2D eigenvalue weighted by atomic mass is 16.5. The molecule has 0 aromatic heterocycles. The number of imide groups is 1. The Hall–Kier alpha value is -2.88. The van der Waals surface area contributed by atoms with Crippen molar-refractivity contribution in [2.45, 2.75) is 13.3 Å². The molecular weight excluding hydrogens is 350 g/mol. The maximum absolute atomic E-state index is 13.2. The first kappa shape index (κ1) is 16.1. The molecule has 28 heavy (non-hydrogen) atoms. The van der Waals surface area contributed by atoms with Crippen LogP contribution in [0.4, 0.5) is 5.69 Å². The topological polar surface area (TPSA) is 46.6 Å². The zero-order chi connectivity index (χ0) is 19.0. The van der Waals surface area contributed by atoms with E-state index in [-0.39, 0.29) is 35.5 Å². The first-order valence-corrected chi connectivity index (χ1v) is 10.0. The minimum absolute atomic E-state index is 0.0210. The Morgan fingerprint density at radius 1 is 0.857 bits per heavy atom. The van der Waals surface area contributed by atoms with Gasteiger partial charge in [0.05, 0.1) is 17.5 Å². The van der Waals surface area contributed by atoms with Gasteiger partial charge in [0.25, 0.3) is 0 Å². The summed E-state index contributed by atoms with van der Waals surface area (Å²) >= 11 is 0. The molecular formula is C24H21NO3. The maximum atomic E-state index is 13.2. The number of carbonyl (C=O) groups excluding carboxylic acids is 2. The van der Waals surface area contributed by atoms with Crippen LogP contribution in [0.2, 0.25) is 0 Å². The zero-order valence-corrected chi connectivity index (χ0v) is 15.6. The fourth-order valence-electron chi connectivity index (χ4n) is 5.67. The summed E-state index contributed by atoms with van der Waals surface area (Å²) in [5, 5.41) is 0. The van der Waals surface area contributed by atoms with E-state index in [4.69, 9.17) is 4.74 Å². The summed E-state index contributed by atoms with van der Waals surface area (Å²) in [5.41, 5.74) is 1.71. The molecule has 1 saturated heterocycles. The number of rotatable bonds is 3. The Morgan fingerprint density at radius 3 is 2.07 bits per heavy atom. The summed E-state index contributed by atoms with van der Waals surface area (Å²) in [6.45, 7) is 2.00. The quantitative estimate of drug-likeness (QED) is 0.595. The zero-order valence-electron chi connectivity index (χ0n) is 15.6. The van der Waals surface area contributed by atoms with Gasteiger partial charge in [-0.05, 0) is 72.9 Å². The van der Waals surface area contributed by atoms with Crippen LogP contribution in [0, 0.1) is 42.4 Å². The number of hydrogen-bond acceptors (Lipinski definition) is 3. The summed E-state index contributed by atoms with van der Waals surface area (Å²) in [6, 6.07) is 15.1. The van der Waals surface area contributed by atoms with Gasteiger partial charge in [-0.25, -0.2) is 0 Å². The average molecular weight is 371 g/mol. The van der Waals surface area contributed by atoms with Crippen molar-refractivity contribution < 1.29 is 14.3 Å². The third-order valence-corrected chi connectivity index (χ3v) is 7.08. The highest BCUT2D eigenvalue weighted by Crippen LogP contribution is 2.65. The molecule has 7 rings (SSSR count). The molecule has 2 amide bonds. The van der Waals surface area contributed by atoms with Crippen molar-refractivity contribution in [1.29, 1.82) is 0 Å². The van der Waals surface area contributed by atoms with E-state index in [1.165, 1.54) is 11.3 Å². The minimum atomic E-state index is -0.158. The van der Waals surface area contributed by atoms with E-state index in [0.29, 0.717) is 23.3 Å². The number of para-hydroxylation sites is 1. The first-order chi connectivity index (χ1) is 13.6. The lowest BCUT2D eigenvalue weighted by atomic mass is 9.63. The molecule has 4 aliphatic carbocycles. The molecule has 0 spiro atoms. The summed E-state index contributed by atoms with van der Waals surface area (Å²) in [6.07, 6.45) is 5.59. The van der Waals surface area contributed by atoms with Gasteiger partial charge in [-0.1, -0.05) is 30.4 Å². The van der Waals surface area contributed by atoms with Crippen molar-refractivity contribution in [2.24, 2.45) is 35.5 Å². The maximum Gasteiger partial charge on any atom is 0.238 e. The van der Waals surface area contributed by atoms with Gasteiger partial charge in [0.2, 0.25) is 11.8 Å². The molecule has 2 aromatic carbocycles. The second-order valence-electron chi connectivity index (χ2n) is 8.53. The number of allylic oxidation sites excluding steroid dienone is 2. The number of benzene rings is 2. The van der Waals surface area contributed by atoms with Crippen molar-refractivity contribution in [3.63, 3.8) is 0 Å². The Bertz CT molecular complexity index is 988. The van der Waals surface area contributed by atoms with Crippen molar-refractivity contribution in [3.05, 3.63) is 66.2 Å². The van der Waals surface area contributed by atoms with Gasteiger partial charge in [0.1, 0.15) is 11.5 Å². The number of amides is 2. The second-order valence-corrected chi connectivity index (χ2v) is 8.53. The van der Waals surface area contributed by atoms with E-state index in [2.05, 4.69) is 12.2 Å². The molecule has 140 valence electrons. The minimum Gasteiger partial charge on any atom is -0.457 e. The molecule has 4 nitrogen and oxygen atoms in total. The van der Waals surface area contributed by atoms with Crippen LogP contribution in [0.5, 0.6) is 11.5 Å². The fraction of sp³-hybridized carbons (Fsp3) is 0.333. The van der Waals surface area contributed by atoms with Crippen LogP contribution in [0.3, 0.4) is 0 Å². The van der Waals surface area contributed by atoms with Crippen LogP contribution in [0.1, 0.15) is 12.0 Å². The van der Waals surface area contributed by atoms with Gasteiger partial charge in [-0.15, -0.1) is 0 Å². The normalized spacial score (nSPS) is 34.4. The SMILES string of the molecule is Cc1ccccc1Oc1ccc(N2C(=O)[C@@H]3[C@H]4C=C[C@H]([C@H]5C[C@@H]45)[C@@H]3C2=O)cc1. The molecule has 5 aliphatic rings. The predicted octanol–water partition coefficient (Wildman–Crippen LogP) is 4.34. The van der Waals surface area contributed by atoms with E-state index < -0.39 is 0 Å². The molecule has 0 unspecified atom stereocenters. The largest absolute Gasteiger partial charge is 0.457 e. The molecule has 1 aliphatic heterocycles. The highest BCUT2D eigenvalue weighted by molar-refractivity contribution is 6.22. The van der Waals surface area contributed by atoms with E-state index in [0.717, 1.165) is 11.3 Å². The summed E-state index contributed by atoms with van der Waals surface area (Å²) < 4.78 is 5.94. The molecule has 2 saturated carbocycles. The average Bonchev–Trinajstić information content (AvgIpc) is 3.49. The van der Waals surface area contributed by atoms with Crippen LogP contribution in [0.15, 0.2) is 60.7 Å². The standard InChI is InChI=1S/C24H21NO3/c1-13-4-2-3-5-20(13)28-15-8-6-14(7-9-15)25-23(26)21-16-10-11-17(19-12-18(16)19)22(21)24(25)27/h2-11,16-19,21-22H,12H2,1H3/t16-,17+,18-,19+,21+,22-. The van der Waals surface area contributed by atoms with Crippen LogP contribution in [0.25, 0.3) is 0 Å². The molecule has 6 atom stereocenters. The van der Waals surface area contributed by atoms with Gasteiger partial charge in [-0.3, -0.25) is 14.5 Å². The summed E-state index contributed by atoms with van der Waals surface area (Å²) in [7, 11) is 0. The van der Waals surface area contributed by atoms with Gasteiger partial charge in [0.15, 0.2) is 0 Å². The lowest BCUT2D eigenvalue weighted by molar-refractivity contribution is -0.124. The van der Waals surface area contributed by atoms with Crippen molar-refractivity contribution in [1.82, 2.24) is 0 Å². The molecule has 4 heteroatoms. The third kappa shape index (κ3) is 2.12. The Kier molecular flexibility index (Phi) is 3.20. The van der Waals surface area contributed by atoms with Crippen molar-refractivity contribution in [2.75, 3.05) is 4.90 Å². The van der Waals surface area contributed by atoms with Gasteiger partial charge < -0.3 is 4.74 Å². The second kappa shape index (κ2) is 5.57.